The van der Waals surface area contributed by atoms with Crippen LogP contribution in [0.1, 0.15) is 25.3 Å². The summed E-state index contributed by atoms with van der Waals surface area (Å²) in [6.45, 7) is 4.67. The molecular weight excluding hydrogens is 486 g/mol. The molecule has 38 heavy (non-hydrogen) atoms. The summed E-state index contributed by atoms with van der Waals surface area (Å²) >= 11 is 0. The standard InChI is InChI=1S/C29H31N3O6/c1-18(2)19-8-10-21(11-9-19)31-29(34)38-25-17-36-26-24(16-35-27(25)26)32-28(33)30-20-12-14-23(15-13-20)37-22-6-4-3-5-7-22/h3-15,18,24-27H,16-17H2,1-2H3,(H,31,34)(H2,30,32,33). The predicted octanol–water partition coefficient (Wildman–Crippen LogP) is 5.51. The van der Waals surface area contributed by atoms with Gasteiger partial charge in [0.05, 0.1) is 19.3 Å². The van der Waals surface area contributed by atoms with E-state index in [0.717, 1.165) is 5.75 Å². The van der Waals surface area contributed by atoms with Gasteiger partial charge in [-0.1, -0.05) is 44.2 Å². The van der Waals surface area contributed by atoms with Crippen molar-refractivity contribution >= 4 is 23.5 Å². The van der Waals surface area contributed by atoms with Gasteiger partial charge in [0, 0.05) is 11.4 Å². The highest BCUT2D eigenvalue weighted by molar-refractivity contribution is 5.89. The number of ether oxygens (including phenoxy) is 4. The molecule has 3 aromatic rings. The first kappa shape index (κ1) is 25.6. The summed E-state index contributed by atoms with van der Waals surface area (Å²) in [6.07, 6.45) is -2.01. The third-order valence-electron chi connectivity index (χ3n) is 6.50. The molecule has 3 aromatic carbocycles. The van der Waals surface area contributed by atoms with Crippen LogP contribution in [0.3, 0.4) is 0 Å². The summed E-state index contributed by atoms with van der Waals surface area (Å²) in [5, 5.41) is 8.45. The molecular formula is C29H31N3O6. The molecule has 5 rings (SSSR count). The summed E-state index contributed by atoms with van der Waals surface area (Å²) in [6, 6.07) is 23.4. The number of rotatable bonds is 7. The zero-order chi connectivity index (χ0) is 26.5. The Labute approximate surface area is 221 Å². The number of benzene rings is 3. The molecule has 198 valence electrons. The van der Waals surface area contributed by atoms with E-state index >= 15 is 0 Å². The molecule has 3 amide bonds. The fourth-order valence-corrected chi connectivity index (χ4v) is 4.49. The van der Waals surface area contributed by atoms with Crippen molar-refractivity contribution in [2.45, 2.75) is 44.1 Å². The highest BCUT2D eigenvalue weighted by Gasteiger charge is 2.50. The van der Waals surface area contributed by atoms with Crippen LogP contribution in [0.15, 0.2) is 78.9 Å². The second kappa shape index (κ2) is 11.5. The van der Waals surface area contributed by atoms with Gasteiger partial charge in [-0.3, -0.25) is 5.32 Å². The number of carbonyl (C=O) groups is 2. The molecule has 0 radical (unpaired) electrons. The molecule has 3 N–H and O–H groups in total. The fraction of sp³-hybridized carbons (Fsp3) is 0.310. The van der Waals surface area contributed by atoms with Crippen LogP contribution >= 0.6 is 0 Å². The van der Waals surface area contributed by atoms with Crippen LogP contribution in [0.2, 0.25) is 0 Å². The first-order chi connectivity index (χ1) is 18.4. The number of nitrogens with one attached hydrogen (secondary N) is 3. The van der Waals surface area contributed by atoms with Crippen molar-refractivity contribution in [3.63, 3.8) is 0 Å². The Bertz CT molecular complexity index is 1230. The third kappa shape index (κ3) is 6.24. The first-order valence-electron chi connectivity index (χ1n) is 12.7. The number of urea groups is 1. The van der Waals surface area contributed by atoms with Gasteiger partial charge in [-0.15, -0.1) is 0 Å². The van der Waals surface area contributed by atoms with Gasteiger partial charge in [0.1, 0.15) is 23.7 Å². The van der Waals surface area contributed by atoms with Gasteiger partial charge in [0.15, 0.2) is 6.10 Å². The van der Waals surface area contributed by atoms with E-state index in [1.807, 2.05) is 54.6 Å². The molecule has 2 fully saturated rings. The summed E-state index contributed by atoms with van der Waals surface area (Å²) in [4.78, 5) is 25.0. The van der Waals surface area contributed by atoms with Crippen LogP contribution in [-0.4, -0.2) is 49.7 Å². The van der Waals surface area contributed by atoms with E-state index < -0.39 is 24.4 Å². The van der Waals surface area contributed by atoms with Gasteiger partial charge < -0.3 is 29.6 Å². The van der Waals surface area contributed by atoms with Crippen LogP contribution in [-0.2, 0) is 14.2 Å². The van der Waals surface area contributed by atoms with Crippen LogP contribution in [0.5, 0.6) is 11.5 Å². The summed E-state index contributed by atoms with van der Waals surface area (Å²) in [5.41, 5.74) is 2.45. The summed E-state index contributed by atoms with van der Waals surface area (Å²) in [7, 11) is 0. The van der Waals surface area contributed by atoms with Crippen molar-refractivity contribution in [1.82, 2.24) is 5.32 Å². The fourth-order valence-electron chi connectivity index (χ4n) is 4.49. The number of amides is 3. The predicted molar refractivity (Wildman–Crippen MR) is 143 cm³/mol. The average Bonchev–Trinajstić information content (AvgIpc) is 3.49. The average molecular weight is 518 g/mol. The maximum Gasteiger partial charge on any atom is 0.412 e. The Morgan fingerprint density at radius 3 is 2.13 bits per heavy atom. The molecule has 9 heteroatoms. The number of hydrogen-bond acceptors (Lipinski definition) is 6. The zero-order valence-corrected chi connectivity index (χ0v) is 21.3. The smallest absolute Gasteiger partial charge is 0.412 e. The summed E-state index contributed by atoms with van der Waals surface area (Å²) < 4.78 is 23.0. The van der Waals surface area contributed by atoms with Gasteiger partial charge in [-0.05, 0) is 60.0 Å². The van der Waals surface area contributed by atoms with E-state index in [-0.39, 0.29) is 25.3 Å². The monoisotopic (exact) mass is 517 g/mol. The second-order valence-corrected chi connectivity index (χ2v) is 9.59. The normalized spacial score (nSPS) is 22.0. The molecule has 2 aliphatic heterocycles. The molecule has 2 heterocycles. The Balaban J connectivity index is 1.08. The topological polar surface area (TPSA) is 107 Å². The molecule has 0 aliphatic carbocycles. The van der Waals surface area contributed by atoms with E-state index in [4.69, 9.17) is 18.9 Å². The molecule has 0 aromatic heterocycles. The van der Waals surface area contributed by atoms with Crippen molar-refractivity contribution in [3.05, 3.63) is 84.4 Å². The molecule has 9 nitrogen and oxygen atoms in total. The third-order valence-corrected chi connectivity index (χ3v) is 6.50. The van der Waals surface area contributed by atoms with Gasteiger partial charge >= 0.3 is 12.1 Å². The Hall–Kier alpha value is -4.08. The lowest BCUT2D eigenvalue weighted by molar-refractivity contribution is 0.00873. The first-order valence-corrected chi connectivity index (χ1v) is 12.7. The Kier molecular flexibility index (Phi) is 7.76. The summed E-state index contributed by atoms with van der Waals surface area (Å²) in [5.74, 6) is 1.81. The maximum atomic E-state index is 12.6. The van der Waals surface area contributed by atoms with Crippen molar-refractivity contribution in [1.29, 1.82) is 0 Å². The number of hydrogen-bond donors (Lipinski definition) is 3. The van der Waals surface area contributed by atoms with Gasteiger partial charge in [0.25, 0.3) is 0 Å². The number of para-hydroxylation sites is 1. The van der Waals surface area contributed by atoms with E-state index in [9.17, 15) is 9.59 Å². The zero-order valence-electron chi connectivity index (χ0n) is 21.3. The van der Waals surface area contributed by atoms with Crippen molar-refractivity contribution in [2.24, 2.45) is 0 Å². The van der Waals surface area contributed by atoms with Crippen LogP contribution in [0.4, 0.5) is 21.0 Å². The van der Waals surface area contributed by atoms with Gasteiger partial charge in [-0.2, -0.15) is 0 Å². The van der Waals surface area contributed by atoms with E-state index in [2.05, 4.69) is 29.8 Å². The second-order valence-electron chi connectivity index (χ2n) is 9.59. The molecule has 2 aliphatic rings. The minimum absolute atomic E-state index is 0.192. The highest BCUT2D eigenvalue weighted by atomic mass is 16.6. The van der Waals surface area contributed by atoms with E-state index in [0.29, 0.717) is 23.0 Å². The molecule has 4 atom stereocenters. The number of carbonyl (C=O) groups excluding carboxylic acids is 2. The van der Waals surface area contributed by atoms with Crippen molar-refractivity contribution in [2.75, 3.05) is 23.8 Å². The molecule has 0 saturated carbocycles. The largest absolute Gasteiger partial charge is 0.457 e. The van der Waals surface area contributed by atoms with Crippen LogP contribution < -0.4 is 20.7 Å². The molecule has 2 saturated heterocycles. The minimum Gasteiger partial charge on any atom is -0.457 e. The van der Waals surface area contributed by atoms with E-state index in [1.54, 1.807) is 24.3 Å². The van der Waals surface area contributed by atoms with Gasteiger partial charge in [-0.25, -0.2) is 9.59 Å². The Morgan fingerprint density at radius 2 is 1.42 bits per heavy atom. The molecule has 0 bridgehead atoms. The number of anilines is 2. The Morgan fingerprint density at radius 1 is 0.789 bits per heavy atom. The van der Waals surface area contributed by atoms with Gasteiger partial charge in [0.2, 0.25) is 0 Å². The lowest BCUT2D eigenvalue weighted by Gasteiger charge is -2.18. The molecule has 0 spiro atoms. The highest BCUT2D eigenvalue weighted by Crippen LogP contribution is 2.29. The van der Waals surface area contributed by atoms with E-state index in [1.165, 1.54) is 5.56 Å². The lowest BCUT2D eigenvalue weighted by Crippen LogP contribution is -2.46. The van der Waals surface area contributed by atoms with Crippen molar-refractivity contribution in [3.8, 4) is 11.5 Å². The quantitative estimate of drug-likeness (QED) is 0.382. The molecule has 4 unspecified atom stereocenters. The lowest BCUT2D eigenvalue weighted by atomic mass is 10.0. The van der Waals surface area contributed by atoms with Crippen LogP contribution in [0, 0.1) is 0 Å². The SMILES string of the molecule is CC(C)c1ccc(NC(=O)OC2COC3C(NC(=O)Nc4ccc(Oc5ccccc5)cc4)COC23)cc1. The van der Waals surface area contributed by atoms with Crippen LogP contribution in [0.25, 0.3) is 0 Å². The minimum atomic E-state index is -0.575. The maximum absolute atomic E-state index is 12.6. The van der Waals surface area contributed by atoms with Crippen molar-refractivity contribution < 1.29 is 28.5 Å². The number of fused-ring (bicyclic) bond motifs is 1.